The maximum Gasteiger partial charge on any atom is 0.264 e. The molecule has 0 atom stereocenters. The zero-order chi connectivity index (χ0) is 13.5. The van der Waals surface area contributed by atoms with Crippen molar-refractivity contribution < 1.29 is 13.2 Å². The predicted molar refractivity (Wildman–Crippen MR) is 70.3 cm³/mol. The van der Waals surface area contributed by atoms with Crippen molar-refractivity contribution in [3.63, 3.8) is 0 Å². The number of sulfonamides is 1. The molecule has 2 rings (SSSR count). The van der Waals surface area contributed by atoms with Gasteiger partial charge in [-0.3, -0.25) is 4.79 Å². The zero-order valence-corrected chi connectivity index (χ0v) is 11.4. The number of hydrogen-bond acceptors (Lipinski definition) is 4. The average molecular weight is 309 g/mol. The summed E-state index contributed by atoms with van der Waals surface area (Å²) in [5.74, 6) is -0.759. The second-order valence-electron chi connectivity index (χ2n) is 4.03. The third-order valence-electron chi connectivity index (χ3n) is 2.54. The zero-order valence-electron chi connectivity index (χ0n) is 9.11. The van der Waals surface area contributed by atoms with Gasteiger partial charge in [0.1, 0.15) is 0 Å². The van der Waals surface area contributed by atoms with Crippen LogP contribution in [0.5, 0.6) is 0 Å². The SMILES string of the molecule is Nc1c(Cl)cc(C(=O)NS(=O)(=O)C2CC2)cc1Cl. The number of halogens is 2. The standard InChI is InChI=1S/C10H10Cl2N2O3S/c11-7-3-5(4-8(12)9(7)13)10(15)14-18(16,17)6-1-2-6/h3-4,6H,1-2,13H2,(H,14,15). The fraction of sp³-hybridized carbons (Fsp3) is 0.300. The largest absolute Gasteiger partial charge is 0.396 e. The topological polar surface area (TPSA) is 89.3 Å². The van der Waals surface area contributed by atoms with Crippen LogP contribution in [-0.2, 0) is 10.0 Å². The molecule has 1 aromatic carbocycles. The Labute approximate surface area is 114 Å². The number of anilines is 1. The first-order chi connectivity index (χ1) is 8.31. The highest BCUT2D eigenvalue weighted by atomic mass is 35.5. The molecule has 18 heavy (non-hydrogen) atoms. The van der Waals surface area contributed by atoms with Gasteiger partial charge in [0.05, 0.1) is 21.0 Å². The number of carbonyl (C=O) groups excluding carboxylic acids is 1. The van der Waals surface area contributed by atoms with Crippen molar-refractivity contribution in [2.75, 3.05) is 5.73 Å². The minimum Gasteiger partial charge on any atom is -0.396 e. The number of carbonyl (C=O) groups is 1. The molecule has 1 amide bonds. The van der Waals surface area contributed by atoms with Crippen molar-refractivity contribution in [3.8, 4) is 0 Å². The monoisotopic (exact) mass is 308 g/mol. The molecule has 3 N–H and O–H groups in total. The van der Waals surface area contributed by atoms with Crippen molar-refractivity contribution >= 4 is 44.8 Å². The maximum absolute atomic E-state index is 11.8. The molecule has 5 nitrogen and oxygen atoms in total. The quantitative estimate of drug-likeness (QED) is 0.833. The Hall–Kier alpha value is -0.980. The molecule has 1 fully saturated rings. The van der Waals surface area contributed by atoms with E-state index in [0.29, 0.717) is 12.8 Å². The Bertz CT molecular complexity index is 589. The summed E-state index contributed by atoms with van der Waals surface area (Å²) in [6.07, 6.45) is 1.15. The molecular formula is C10H10Cl2N2O3S. The van der Waals surface area contributed by atoms with E-state index < -0.39 is 21.2 Å². The van der Waals surface area contributed by atoms with E-state index in [0.717, 1.165) is 0 Å². The third kappa shape index (κ3) is 2.71. The van der Waals surface area contributed by atoms with E-state index >= 15 is 0 Å². The summed E-state index contributed by atoms with van der Waals surface area (Å²) in [5.41, 5.74) is 5.73. The van der Waals surface area contributed by atoms with Crippen LogP contribution < -0.4 is 10.5 Å². The Morgan fingerprint density at radius 3 is 2.22 bits per heavy atom. The Morgan fingerprint density at radius 1 is 1.28 bits per heavy atom. The number of rotatable bonds is 3. The molecule has 0 radical (unpaired) electrons. The van der Waals surface area contributed by atoms with Crippen LogP contribution in [0.25, 0.3) is 0 Å². The van der Waals surface area contributed by atoms with Gasteiger partial charge in [-0.15, -0.1) is 0 Å². The fourth-order valence-corrected chi connectivity index (χ4v) is 3.15. The maximum atomic E-state index is 11.8. The van der Waals surface area contributed by atoms with Crippen molar-refractivity contribution in [2.45, 2.75) is 18.1 Å². The molecular weight excluding hydrogens is 299 g/mol. The van der Waals surface area contributed by atoms with Gasteiger partial charge >= 0.3 is 0 Å². The molecule has 1 aliphatic carbocycles. The Morgan fingerprint density at radius 2 is 1.78 bits per heavy atom. The van der Waals surface area contributed by atoms with Crippen LogP contribution in [0.15, 0.2) is 12.1 Å². The molecule has 0 heterocycles. The van der Waals surface area contributed by atoms with Gasteiger partial charge in [0.15, 0.2) is 0 Å². The number of nitrogens with one attached hydrogen (secondary N) is 1. The van der Waals surface area contributed by atoms with E-state index in [4.69, 9.17) is 28.9 Å². The first-order valence-electron chi connectivity index (χ1n) is 5.12. The lowest BCUT2D eigenvalue weighted by molar-refractivity contribution is 0.0981. The second kappa shape index (κ2) is 4.60. The van der Waals surface area contributed by atoms with Gasteiger partial charge < -0.3 is 5.73 Å². The lowest BCUT2D eigenvalue weighted by Crippen LogP contribution is -2.33. The molecule has 0 unspecified atom stereocenters. The van der Waals surface area contributed by atoms with Gasteiger partial charge in [0, 0.05) is 5.56 Å². The molecule has 1 aliphatic rings. The molecule has 8 heteroatoms. The normalized spacial score (nSPS) is 15.4. The van der Waals surface area contributed by atoms with Gasteiger partial charge in [-0.2, -0.15) is 0 Å². The molecule has 0 spiro atoms. The van der Waals surface area contributed by atoms with Crippen molar-refractivity contribution in [2.24, 2.45) is 0 Å². The van der Waals surface area contributed by atoms with Crippen LogP contribution in [0.2, 0.25) is 10.0 Å². The van der Waals surface area contributed by atoms with E-state index in [2.05, 4.69) is 0 Å². The first-order valence-corrected chi connectivity index (χ1v) is 7.42. The molecule has 0 bridgehead atoms. The van der Waals surface area contributed by atoms with Gasteiger partial charge in [-0.25, -0.2) is 13.1 Å². The van der Waals surface area contributed by atoms with Crippen molar-refractivity contribution in [1.82, 2.24) is 4.72 Å². The number of hydrogen-bond donors (Lipinski definition) is 2. The number of nitrogens with two attached hydrogens (primary N) is 1. The Kier molecular flexibility index (Phi) is 3.44. The van der Waals surface area contributed by atoms with Crippen LogP contribution >= 0.6 is 23.2 Å². The van der Waals surface area contributed by atoms with Crippen LogP contribution in [0.3, 0.4) is 0 Å². The van der Waals surface area contributed by atoms with Gasteiger partial charge in [0.2, 0.25) is 10.0 Å². The van der Waals surface area contributed by atoms with E-state index in [-0.39, 0.29) is 21.3 Å². The summed E-state index contributed by atoms with van der Waals surface area (Å²) >= 11 is 11.5. The number of benzene rings is 1. The summed E-state index contributed by atoms with van der Waals surface area (Å²) < 4.78 is 25.2. The average Bonchev–Trinajstić information content (AvgIpc) is 3.08. The molecule has 98 valence electrons. The number of nitrogen functional groups attached to an aromatic ring is 1. The molecule has 0 saturated heterocycles. The highest BCUT2D eigenvalue weighted by Crippen LogP contribution is 2.30. The van der Waals surface area contributed by atoms with Crippen LogP contribution in [0.4, 0.5) is 5.69 Å². The van der Waals surface area contributed by atoms with Crippen LogP contribution in [0, 0.1) is 0 Å². The van der Waals surface area contributed by atoms with Gasteiger partial charge in [-0.1, -0.05) is 23.2 Å². The summed E-state index contributed by atoms with van der Waals surface area (Å²) in [5, 5.41) is -0.255. The lowest BCUT2D eigenvalue weighted by atomic mass is 10.2. The van der Waals surface area contributed by atoms with Crippen LogP contribution in [0.1, 0.15) is 23.2 Å². The smallest absolute Gasteiger partial charge is 0.264 e. The first kappa shape index (κ1) is 13.5. The highest BCUT2D eigenvalue weighted by molar-refractivity contribution is 7.91. The molecule has 1 saturated carbocycles. The Balaban J connectivity index is 2.24. The van der Waals surface area contributed by atoms with Crippen LogP contribution in [-0.4, -0.2) is 19.6 Å². The van der Waals surface area contributed by atoms with E-state index in [9.17, 15) is 13.2 Å². The molecule has 0 aliphatic heterocycles. The minimum atomic E-state index is -3.59. The van der Waals surface area contributed by atoms with E-state index in [1.807, 2.05) is 4.72 Å². The summed E-state index contributed by atoms with van der Waals surface area (Å²) in [7, 11) is -3.59. The summed E-state index contributed by atoms with van der Waals surface area (Å²) in [6, 6.07) is 2.56. The van der Waals surface area contributed by atoms with E-state index in [1.165, 1.54) is 12.1 Å². The highest BCUT2D eigenvalue weighted by Gasteiger charge is 2.37. The summed E-state index contributed by atoms with van der Waals surface area (Å²) in [4.78, 5) is 11.8. The summed E-state index contributed by atoms with van der Waals surface area (Å²) in [6.45, 7) is 0. The number of amides is 1. The van der Waals surface area contributed by atoms with Gasteiger partial charge in [0.25, 0.3) is 5.91 Å². The molecule has 1 aromatic rings. The fourth-order valence-electron chi connectivity index (χ4n) is 1.37. The predicted octanol–water partition coefficient (Wildman–Crippen LogP) is 1.80. The molecule has 0 aromatic heterocycles. The van der Waals surface area contributed by atoms with E-state index in [1.54, 1.807) is 0 Å². The van der Waals surface area contributed by atoms with Crippen molar-refractivity contribution in [1.29, 1.82) is 0 Å². The lowest BCUT2D eigenvalue weighted by Gasteiger charge is -2.08. The minimum absolute atomic E-state index is 0.0587. The second-order valence-corrected chi connectivity index (χ2v) is 6.80. The van der Waals surface area contributed by atoms with Crippen molar-refractivity contribution in [3.05, 3.63) is 27.7 Å². The van der Waals surface area contributed by atoms with Gasteiger partial charge in [-0.05, 0) is 25.0 Å². The third-order valence-corrected chi connectivity index (χ3v) is 4.98.